The molecule has 1 amide bonds. The number of hydrogen-bond acceptors (Lipinski definition) is 5. The summed E-state index contributed by atoms with van der Waals surface area (Å²) in [6, 6.07) is 0. The van der Waals surface area contributed by atoms with Crippen LogP contribution in [0.25, 0.3) is 0 Å². The Balaban J connectivity index is 1.41. The van der Waals surface area contributed by atoms with Gasteiger partial charge in [-0.1, -0.05) is 5.16 Å². The molecule has 1 aliphatic heterocycles. The van der Waals surface area contributed by atoms with Gasteiger partial charge in [0.2, 0.25) is 0 Å². The first-order chi connectivity index (χ1) is 11.3. The maximum atomic E-state index is 12.6. The van der Waals surface area contributed by atoms with Gasteiger partial charge in [-0.3, -0.25) is 9.69 Å². The van der Waals surface area contributed by atoms with E-state index in [1.165, 1.54) is 6.42 Å². The van der Waals surface area contributed by atoms with Gasteiger partial charge >= 0.3 is 0 Å². The zero-order valence-electron chi connectivity index (χ0n) is 13.6. The Morgan fingerprint density at radius 3 is 2.70 bits per heavy atom. The second-order valence-corrected chi connectivity index (χ2v) is 7.00. The van der Waals surface area contributed by atoms with Crippen molar-refractivity contribution in [1.82, 2.24) is 15.4 Å². The first-order valence-electron chi connectivity index (χ1n) is 8.87. The Morgan fingerprint density at radius 2 is 1.96 bits per heavy atom. The van der Waals surface area contributed by atoms with Crippen molar-refractivity contribution < 1.29 is 14.1 Å². The van der Waals surface area contributed by atoms with Crippen molar-refractivity contribution in [1.29, 1.82) is 0 Å². The van der Waals surface area contributed by atoms with Gasteiger partial charge in [-0.15, -0.1) is 0 Å². The summed E-state index contributed by atoms with van der Waals surface area (Å²) in [4.78, 5) is 15.1. The molecule has 0 bridgehead atoms. The van der Waals surface area contributed by atoms with E-state index in [9.17, 15) is 4.79 Å². The van der Waals surface area contributed by atoms with Crippen LogP contribution < -0.4 is 5.32 Å². The molecule has 0 radical (unpaired) electrons. The standard InChI is InChI=1S/C17H25N3O3/c21-16(15-13-4-1-2-5-14(13)23-19-15)18-12-17(6-3-7-17)20-8-10-22-11-9-20/h1-12H2,(H,18,21). The number of amides is 1. The number of carbonyl (C=O) groups excluding carboxylic acids is 1. The van der Waals surface area contributed by atoms with Crippen LogP contribution in [0.15, 0.2) is 4.52 Å². The molecule has 4 rings (SSSR count). The van der Waals surface area contributed by atoms with Gasteiger partial charge in [-0.05, 0) is 38.5 Å². The lowest BCUT2D eigenvalue weighted by Gasteiger charge is -2.51. The Kier molecular flexibility index (Phi) is 4.11. The summed E-state index contributed by atoms with van der Waals surface area (Å²) in [6.07, 6.45) is 7.63. The zero-order valence-corrected chi connectivity index (χ0v) is 13.6. The number of nitrogens with zero attached hydrogens (tertiary/aromatic N) is 2. The predicted octanol–water partition coefficient (Wildman–Crippen LogP) is 1.54. The van der Waals surface area contributed by atoms with Crippen LogP contribution in [0.3, 0.4) is 0 Å². The molecule has 1 aromatic rings. The average molecular weight is 319 g/mol. The Labute approximate surface area is 136 Å². The van der Waals surface area contributed by atoms with Crippen molar-refractivity contribution in [3.8, 4) is 0 Å². The van der Waals surface area contributed by atoms with Crippen LogP contribution in [-0.2, 0) is 17.6 Å². The summed E-state index contributed by atoms with van der Waals surface area (Å²) in [6.45, 7) is 4.23. The average Bonchev–Trinajstić information content (AvgIpc) is 2.99. The monoisotopic (exact) mass is 319 g/mol. The van der Waals surface area contributed by atoms with E-state index in [0.29, 0.717) is 12.2 Å². The topological polar surface area (TPSA) is 67.6 Å². The third-order valence-electron chi connectivity index (χ3n) is 5.71. The maximum absolute atomic E-state index is 12.6. The van der Waals surface area contributed by atoms with Crippen LogP contribution in [0.1, 0.15) is 53.9 Å². The molecule has 2 fully saturated rings. The van der Waals surface area contributed by atoms with Crippen LogP contribution in [0, 0.1) is 0 Å². The third-order valence-corrected chi connectivity index (χ3v) is 5.71. The molecule has 6 nitrogen and oxygen atoms in total. The molecule has 0 spiro atoms. The molecule has 1 N–H and O–H groups in total. The molecule has 2 aliphatic carbocycles. The van der Waals surface area contributed by atoms with E-state index in [0.717, 1.165) is 76.2 Å². The highest BCUT2D eigenvalue weighted by molar-refractivity contribution is 5.93. The Hall–Kier alpha value is -1.40. The number of carbonyl (C=O) groups is 1. The summed E-state index contributed by atoms with van der Waals surface area (Å²) < 4.78 is 10.8. The van der Waals surface area contributed by atoms with Gasteiger partial charge < -0.3 is 14.6 Å². The molecular weight excluding hydrogens is 294 g/mol. The normalized spacial score (nSPS) is 23.8. The van der Waals surface area contributed by atoms with E-state index in [1.54, 1.807) is 0 Å². The summed E-state index contributed by atoms with van der Waals surface area (Å²) in [7, 11) is 0. The fraction of sp³-hybridized carbons (Fsp3) is 0.765. The van der Waals surface area contributed by atoms with Gasteiger partial charge in [0, 0.05) is 37.2 Å². The molecule has 3 aliphatic rings. The second-order valence-electron chi connectivity index (χ2n) is 7.00. The Bertz CT molecular complexity index is 574. The van der Waals surface area contributed by atoms with Gasteiger partial charge in [0.1, 0.15) is 5.76 Å². The van der Waals surface area contributed by atoms with E-state index in [1.807, 2.05) is 0 Å². The lowest BCUT2D eigenvalue weighted by atomic mass is 9.75. The molecule has 6 heteroatoms. The minimum Gasteiger partial charge on any atom is -0.379 e. The highest BCUT2D eigenvalue weighted by Crippen LogP contribution is 2.37. The highest BCUT2D eigenvalue weighted by Gasteiger charge is 2.43. The first-order valence-corrected chi connectivity index (χ1v) is 8.87. The summed E-state index contributed by atoms with van der Waals surface area (Å²) in [5.41, 5.74) is 1.67. The van der Waals surface area contributed by atoms with E-state index in [4.69, 9.17) is 9.26 Å². The second kappa shape index (κ2) is 6.24. The SMILES string of the molecule is O=C(NCC1(N2CCOCC2)CCC1)c1noc2c1CCCC2. The van der Waals surface area contributed by atoms with Crippen molar-refractivity contribution in [3.63, 3.8) is 0 Å². The van der Waals surface area contributed by atoms with Crippen LogP contribution in [0.4, 0.5) is 0 Å². The van der Waals surface area contributed by atoms with Crippen molar-refractivity contribution in [2.75, 3.05) is 32.8 Å². The van der Waals surface area contributed by atoms with Crippen LogP contribution >= 0.6 is 0 Å². The lowest BCUT2D eigenvalue weighted by molar-refractivity contribution is -0.0540. The number of fused-ring (bicyclic) bond motifs is 1. The number of aromatic nitrogens is 1. The molecular formula is C17H25N3O3. The van der Waals surface area contributed by atoms with Crippen LogP contribution in [0.5, 0.6) is 0 Å². The lowest BCUT2D eigenvalue weighted by Crippen LogP contribution is -2.62. The Morgan fingerprint density at radius 1 is 1.17 bits per heavy atom. The number of nitrogens with one attached hydrogen (secondary N) is 1. The largest absolute Gasteiger partial charge is 0.379 e. The number of morpholine rings is 1. The van der Waals surface area contributed by atoms with Gasteiger partial charge in [-0.25, -0.2) is 0 Å². The molecule has 1 saturated heterocycles. The minimum absolute atomic E-state index is 0.0727. The summed E-state index contributed by atoms with van der Waals surface area (Å²) in [5.74, 6) is 0.837. The number of hydrogen-bond donors (Lipinski definition) is 1. The highest BCUT2D eigenvalue weighted by atomic mass is 16.5. The smallest absolute Gasteiger partial charge is 0.273 e. The summed E-state index contributed by atoms with van der Waals surface area (Å²) >= 11 is 0. The molecule has 126 valence electrons. The van der Waals surface area contributed by atoms with E-state index >= 15 is 0 Å². The third kappa shape index (κ3) is 2.78. The fourth-order valence-electron chi connectivity index (χ4n) is 4.12. The predicted molar refractivity (Wildman–Crippen MR) is 84.5 cm³/mol. The van der Waals surface area contributed by atoms with Crippen LogP contribution in [-0.4, -0.2) is 54.4 Å². The number of ether oxygens (including phenoxy) is 1. The molecule has 1 aromatic heterocycles. The number of aryl methyl sites for hydroxylation is 1. The van der Waals surface area contributed by atoms with E-state index in [-0.39, 0.29) is 11.4 Å². The van der Waals surface area contributed by atoms with Gasteiger partial charge in [0.15, 0.2) is 5.69 Å². The van der Waals surface area contributed by atoms with Gasteiger partial charge in [0.05, 0.1) is 13.2 Å². The molecule has 0 aromatic carbocycles. The molecule has 1 saturated carbocycles. The van der Waals surface area contributed by atoms with E-state index in [2.05, 4.69) is 15.4 Å². The molecule has 23 heavy (non-hydrogen) atoms. The van der Waals surface area contributed by atoms with Gasteiger partial charge in [0.25, 0.3) is 5.91 Å². The van der Waals surface area contributed by atoms with Gasteiger partial charge in [-0.2, -0.15) is 0 Å². The quantitative estimate of drug-likeness (QED) is 0.912. The molecule has 2 heterocycles. The number of rotatable bonds is 4. The van der Waals surface area contributed by atoms with Crippen molar-refractivity contribution in [2.24, 2.45) is 0 Å². The molecule has 0 unspecified atom stereocenters. The van der Waals surface area contributed by atoms with Crippen molar-refractivity contribution >= 4 is 5.91 Å². The van der Waals surface area contributed by atoms with Crippen molar-refractivity contribution in [2.45, 2.75) is 50.5 Å². The maximum Gasteiger partial charge on any atom is 0.273 e. The zero-order chi connectivity index (χ0) is 15.7. The van der Waals surface area contributed by atoms with E-state index < -0.39 is 0 Å². The fourth-order valence-corrected chi connectivity index (χ4v) is 4.12. The summed E-state index contributed by atoms with van der Waals surface area (Å²) in [5, 5.41) is 7.17. The minimum atomic E-state index is -0.0727. The molecule has 0 atom stereocenters. The van der Waals surface area contributed by atoms with Crippen LogP contribution in [0.2, 0.25) is 0 Å². The van der Waals surface area contributed by atoms with Crippen molar-refractivity contribution in [3.05, 3.63) is 17.0 Å². The first kappa shape index (κ1) is 15.1.